The van der Waals surface area contributed by atoms with Gasteiger partial charge in [0.25, 0.3) is 5.91 Å². The van der Waals surface area contributed by atoms with Crippen molar-refractivity contribution in [3.05, 3.63) is 86.4 Å². The number of carbonyl (C=O) groups is 1. The highest BCUT2D eigenvalue weighted by molar-refractivity contribution is 7.12. The van der Waals surface area contributed by atoms with Crippen molar-refractivity contribution >= 4 is 28.6 Å². The average Bonchev–Trinajstić information content (AvgIpc) is 3.48. The van der Waals surface area contributed by atoms with E-state index in [1.807, 2.05) is 60.0 Å². The quantitative estimate of drug-likeness (QED) is 0.504. The van der Waals surface area contributed by atoms with Crippen molar-refractivity contribution in [3.8, 4) is 11.3 Å². The van der Waals surface area contributed by atoms with Gasteiger partial charge in [0.15, 0.2) is 11.5 Å². The van der Waals surface area contributed by atoms with E-state index in [9.17, 15) is 9.90 Å². The molecule has 27 heavy (non-hydrogen) atoms. The van der Waals surface area contributed by atoms with E-state index < -0.39 is 6.10 Å². The van der Waals surface area contributed by atoms with E-state index >= 15 is 0 Å². The third-order valence-electron chi connectivity index (χ3n) is 3.99. The molecule has 7 heteroatoms. The summed E-state index contributed by atoms with van der Waals surface area (Å²) in [5, 5.41) is 19.0. The molecule has 0 bridgehead atoms. The second kappa shape index (κ2) is 7.87. The maximum Gasteiger partial charge on any atom is 0.273 e. The lowest BCUT2D eigenvalue weighted by Gasteiger charge is -2.05. The number of aliphatic hydroxyl groups excluding tert-OH is 1. The summed E-state index contributed by atoms with van der Waals surface area (Å²) in [6.07, 6.45) is -0.622. The molecule has 0 saturated heterocycles. The molecule has 2 N–H and O–H groups in total. The Hall–Kier alpha value is -2.74. The highest BCUT2D eigenvalue weighted by atomic mass is 32.1. The van der Waals surface area contributed by atoms with Crippen molar-refractivity contribution in [2.45, 2.75) is 12.6 Å². The van der Waals surface area contributed by atoms with Crippen LogP contribution in [0.25, 0.3) is 11.3 Å². The lowest BCUT2D eigenvalue weighted by atomic mass is 10.1. The minimum atomic E-state index is -0.622. The van der Waals surface area contributed by atoms with Gasteiger partial charge < -0.3 is 14.9 Å². The number of benzene rings is 1. The van der Waals surface area contributed by atoms with Gasteiger partial charge in [0.2, 0.25) is 0 Å². The third kappa shape index (κ3) is 4.00. The smallest absolute Gasteiger partial charge is 0.273 e. The monoisotopic (exact) mass is 396 g/mol. The van der Waals surface area contributed by atoms with Crippen LogP contribution in [-0.2, 0) is 6.54 Å². The average molecular weight is 396 g/mol. The first kappa shape index (κ1) is 17.7. The lowest BCUT2D eigenvalue weighted by molar-refractivity contribution is 0.0942. The molecule has 0 aliphatic heterocycles. The standard InChI is InChI=1S/C20H16N2O3S2/c23-19(17-7-4-10-26-17)18-9-8-14(27-18)12-21-20(24)15-11-16(25-22-15)13-5-2-1-3-6-13/h1-11,19,23H,12H2,(H,21,24)/t19-/m0/s1. The van der Waals surface area contributed by atoms with Crippen LogP contribution in [0.5, 0.6) is 0 Å². The summed E-state index contributed by atoms with van der Waals surface area (Å²) in [6, 6.07) is 18.8. The Labute approximate surface area is 163 Å². The van der Waals surface area contributed by atoms with Gasteiger partial charge in [0, 0.05) is 26.3 Å². The van der Waals surface area contributed by atoms with Crippen LogP contribution in [0.3, 0.4) is 0 Å². The Morgan fingerprint density at radius 3 is 2.74 bits per heavy atom. The van der Waals surface area contributed by atoms with E-state index in [1.54, 1.807) is 6.07 Å². The molecule has 136 valence electrons. The van der Waals surface area contributed by atoms with Crippen molar-refractivity contribution in [1.82, 2.24) is 10.5 Å². The van der Waals surface area contributed by atoms with Crippen LogP contribution in [0, 0.1) is 0 Å². The zero-order valence-corrected chi connectivity index (χ0v) is 15.8. The number of amides is 1. The summed E-state index contributed by atoms with van der Waals surface area (Å²) in [4.78, 5) is 15.0. The number of rotatable bonds is 6. The maximum absolute atomic E-state index is 12.3. The fraction of sp³-hybridized carbons (Fsp3) is 0.100. The van der Waals surface area contributed by atoms with Gasteiger partial charge in [-0.2, -0.15) is 0 Å². The molecular formula is C20H16N2O3S2. The van der Waals surface area contributed by atoms with Crippen LogP contribution < -0.4 is 5.32 Å². The number of aromatic nitrogens is 1. The van der Waals surface area contributed by atoms with Gasteiger partial charge >= 0.3 is 0 Å². The van der Waals surface area contributed by atoms with Crippen LogP contribution in [-0.4, -0.2) is 16.2 Å². The maximum atomic E-state index is 12.3. The molecule has 1 atom stereocenters. The number of nitrogens with zero attached hydrogens (tertiary/aromatic N) is 1. The molecule has 1 aromatic carbocycles. The normalized spacial score (nSPS) is 12.0. The summed E-state index contributed by atoms with van der Waals surface area (Å²) in [7, 11) is 0. The second-order valence-electron chi connectivity index (χ2n) is 5.85. The number of hydrogen-bond acceptors (Lipinski definition) is 6. The summed E-state index contributed by atoms with van der Waals surface area (Å²) in [5.41, 5.74) is 1.11. The van der Waals surface area contributed by atoms with Crippen molar-refractivity contribution in [2.24, 2.45) is 0 Å². The first-order valence-corrected chi connectivity index (χ1v) is 10.0. The Bertz CT molecular complexity index is 1020. The van der Waals surface area contributed by atoms with Gasteiger partial charge in [-0.25, -0.2) is 0 Å². The van der Waals surface area contributed by atoms with Gasteiger partial charge in [-0.3, -0.25) is 4.79 Å². The second-order valence-corrected chi connectivity index (χ2v) is 8.03. The summed E-state index contributed by atoms with van der Waals surface area (Å²) >= 11 is 3.00. The Morgan fingerprint density at radius 1 is 1.11 bits per heavy atom. The van der Waals surface area contributed by atoms with Gasteiger partial charge in [-0.05, 0) is 23.6 Å². The fourth-order valence-electron chi connectivity index (χ4n) is 2.60. The van der Waals surface area contributed by atoms with E-state index in [4.69, 9.17) is 4.52 Å². The molecule has 0 unspecified atom stereocenters. The molecule has 0 radical (unpaired) electrons. The molecule has 1 amide bonds. The van der Waals surface area contributed by atoms with E-state index in [1.165, 1.54) is 22.7 Å². The van der Waals surface area contributed by atoms with E-state index in [0.717, 1.165) is 20.2 Å². The third-order valence-corrected chi connectivity index (χ3v) is 6.05. The van der Waals surface area contributed by atoms with Crippen molar-refractivity contribution in [1.29, 1.82) is 0 Å². The number of carbonyl (C=O) groups excluding carboxylic acids is 1. The van der Waals surface area contributed by atoms with E-state index in [0.29, 0.717) is 12.3 Å². The molecule has 3 aromatic heterocycles. The molecule has 3 heterocycles. The summed E-state index contributed by atoms with van der Waals surface area (Å²) in [5.74, 6) is 0.257. The number of hydrogen-bond donors (Lipinski definition) is 2. The first-order chi connectivity index (χ1) is 13.2. The van der Waals surface area contributed by atoms with E-state index in [2.05, 4.69) is 10.5 Å². The molecule has 0 fully saturated rings. The largest absolute Gasteiger partial charge is 0.382 e. The molecule has 0 saturated carbocycles. The highest BCUT2D eigenvalue weighted by Gasteiger charge is 2.16. The highest BCUT2D eigenvalue weighted by Crippen LogP contribution is 2.30. The van der Waals surface area contributed by atoms with Crippen LogP contribution in [0.15, 0.2) is 70.6 Å². The van der Waals surface area contributed by atoms with Gasteiger partial charge in [-0.15, -0.1) is 22.7 Å². The SMILES string of the molecule is O=C(NCc1ccc([C@@H](O)c2cccs2)s1)c1cc(-c2ccccc2)on1. The molecule has 4 rings (SSSR count). The number of aliphatic hydroxyl groups is 1. The summed E-state index contributed by atoms with van der Waals surface area (Å²) < 4.78 is 5.26. The van der Waals surface area contributed by atoms with Crippen LogP contribution in [0.4, 0.5) is 0 Å². The van der Waals surface area contributed by atoms with Crippen molar-refractivity contribution in [2.75, 3.05) is 0 Å². The Morgan fingerprint density at radius 2 is 1.96 bits per heavy atom. The topological polar surface area (TPSA) is 75.4 Å². The Kier molecular flexibility index (Phi) is 5.15. The van der Waals surface area contributed by atoms with Gasteiger partial charge in [0.05, 0.1) is 6.54 Å². The van der Waals surface area contributed by atoms with E-state index in [-0.39, 0.29) is 11.6 Å². The predicted molar refractivity (Wildman–Crippen MR) is 106 cm³/mol. The lowest BCUT2D eigenvalue weighted by Crippen LogP contribution is -2.22. The first-order valence-electron chi connectivity index (χ1n) is 8.31. The van der Waals surface area contributed by atoms with Crippen LogP contribution >= 0.6 is 22.7 Å². The zero-order chi connectivity index (χ0) is 18.6. The van der Waals surface area contributed by atoms with Gasteiger partial charge in [0.1, 0.15) is 6.10 Å². The summed E-state index contributed by atoms with van der Waals surface area (Å²) in [6.45, 7) is 0.369. The van der Waals surface area contributed by atoms with Crippen molar-refractivity contribution < 1.29 is 14.4 Å². The number of thiophene rings is 2. The Balaban J connectivity index is 1.38. The molecular weight excluding hydrogens is 380 g/mol. The minimum Gasteiger partial charge on any atom is -0.382 e. The fourth-order valence-corrected chi connectivity index (χ4v) is 4.36. The molecule has 0 spiro atoms. The predicted octanol–water partition coefficient (Wildman–Crippen LogP) is 4.48. The van der Waals surface area contributed by atoms with Crippen LogP contribution in [0.2, 0.25) is 0 Å². The minimum absolute atomic E-state index is 0.240. The molecule has 0 aliphatic carbocycles. The van der Waals surface area contributed by atoms with Gasteiger partial charge in [-0.1, -0.05) is 41.6 Å². The number of nitrogens with one attached hydrogen (secondary N) is 1. The molecule has 0 aliphatic rings. The molecule has 5 nitrogen and oxygen atoms in total. The van der Waals surface area contributed by atoms with Crippen molar-refractivity contribution in [3.63, 3.8) is 0 Å². The zero-order valence-electron chi connectivity index (χ0n) is 14.2. The molecule has 4 aromatic rings. The van der Waals surface area contributed by atoms with Crippen LogP contribution in [0.1, 0.15) is 31.2 Å².